The van der Waals surface area contributed by atoms with Crippen molar-refractivity contribution in [1.29, 1.82) is 0 Å². The van der Waals surface area contributed by atoms with Crippen molar-refractivity contribution < 1.29 is 10.2 Å². The number of hydrogen-bond donors (Lipinski definition) is 3. The Kier molecular flexibility index (Phi) is 3.20. The minimum absolute atomic E-state index is 0.0532. The third-order valence-corrected chi connectivity index (χ3v) is 1.15. The Morgan fingerprint density at radius 3 is 2.29 bits per heavy atom. The molecule has 4 heteroatoms. The van der Waals surface area contributed by atoms with E-state index in [0.29, 0.717) is 0 Å². The Labute approximate surface area is 49.5 Å². The van der Waals surface area contributed by atoms with Crippen LogP contribution in [0.4, 0.5) is 0 Å². The van der Waals surface area contributed by atoms with Gasteiger partial charge in [0.05, 0.1) is 0 Å². The predicted octanol–water partition coefficient (Wildman–Crippen LogP) is -2.02. The summed E-state index contributed by atoms with van der Waals surface area (Å²) in [5, 5.41) is 16.6. The molecule has 0 rings (SSSR count). The van der Waals surface area contributed by atoms with E-state index in [-0.39, 0.29) is 11.2 Å². The molecular weight excluding hydrogens is 161 g/mol. The molecule has 4 N–H and O–H groups in total. The van der Waals surface area contributed by atoms with E-state index in [4.69, 9.17) is 15.9 Å². The van der Waals surface area contributed by atoms with Gasteiger partial charge in [0.25, 0.3) is 0 Å². The number of rotatable bonds is 2. The van der Waals surface area contributed by atoms with Crippen LogP contribution in [0, 0.1) is 0 Å². The summed E-state index contributed by atoms with van der Waals surface area (Å²) in [5.74, 6) is 0. The van der Waals surface area contributed by atoms with E-state index in [2.05, 4.69) is 15.6 Å². The maximum absolute atomic E-state index is 8.40. The van der Waals surface area contributed by atoms with Crippen LogP contribution < -0.4 is 5.73 Å². The van der Waals surface area contributed by atoms with Gasteiger partial charge < -0.3 is 0 Å². The third-order valence-electron chi connectivity index (χ3n) is 0.514. The maximum atomic E-state index is 8.40. The van der Waals surface area contributed by atoms with Crippen molar-refractivity contribution in [3.63, 3.8) is 0 Å². The van der Waals surface area contributed by atoms with Gasteiger partial charge in [-0.15, -0.1) is 0 Å². The summed E-state index contributed by atoms with van der Waals surface area (Å²) in [4.78, 5) is 0. The Morgan fingerprint density at radius 1 is 1.86 bits per heavy atom. The second kappa shape index (κ2) is 3.16. The summed E-state index contributed by atoms with van der Waals surface area (Å²) in [7, 11) is 0. The number of nitrogens with two attached hydrogens (primary N) is 1. The predicted molar refractivity (Wildman–Crippen MR) is 27.8 cm³/mol. The molecule has 0 aromatic heterocycles. The van der Waals surface area contributed by atoms with Crippen LogP contribution in [0.15, 0.2) is 0 Å². The van der Waals surface area contributed by atoms with Gasteiger partial charge in [-0.2, -0.15) is 0 Å². The Hall–Kier alpha value is 0.109. The van der Waals surface area contributed by atoms with E-state index in [1.165, 1.54) is 0 Å². The first-order valence-corrected chi connectivity index (χ1v) is 2.63. The van der Waals surface area contributed by atoms with Crippen molar-refractivity contribution in [2.45, 2.75) is 6.04 Å². The molecule has 0 aromatic carbocycles. The summed E-state index contributed by atoms with van der Waals surface area (Å²) in [6.45, 7) is -0.223. The Bertz CT molecular complexity index is 75.3. The molecule has 1 atom stereocenters. The van der Waals surface area contributed by atoms with Crippen LogP contribution in [-0.4, -0.2) is 43.0 Å². The third kappa shape index (κ3) is 2.76. The monoisotopic (exact) mass is 169 g/mol. The molecule has 0 aliphatic rings. The molecule has 0 aromatic rings. The van der Waals surface area contributed by atoms with Crippen LogP contribution in [0.5, 0.6) is 0 Å². The van der Waals surface area contributed by atoms with Gasteiger partial charge in [0.1, 0.15) is 0 Å². The van der Waals surface area contributed by atoms with Crippen molar-refractivity contribution in [1.82, 2.24) is 0 Å². The second-order valence-electron chi connectivity index (χ2n) is 1.13. The standard InChI is InChI=1S/C3H7NO2Se/c4-2(1-5)3(6)7/h2,5H,1,4H2,(H,6,7)/t2-/m0/s1. The second-order valence-corrected chi connectivity index (χ2v) is 2.00. The van der Waals surface area contributed by atoms with Crippen molar-refractivity contribution in [3.8, 4) is 0 Å². The molecule has 7 heavy (non-hydrogen) atoms. The van der Waals surface area contributed by atoms with Gasteiger partial charge in [-0.25, -0.2) is 0 Å². The molecule has 0 spiro atoms. The van der Waals surface area contributed by atoms with Gasteiger partial charge in [-0.3, -0.25) is 0 Å². The van der Waals surface area contributed by atoms with Crippen molar-refractivity contribution >= 4 is 20.2 Å². The van der Waals surface area contributed by atoms with E-state index in [0.717, 1.165) is 0 Å². The molecular formula is C3H7NO2Se. The molecule has 0 aliphatic carbocycles. The molecule has 0 bridgehead atoms. The number of aliphatic hydroxyl groups is 2. The summed E-state index contributed by atoms with van der Waals surface area (Å²) < 4.78 is -0.0532. The van der Waals surface area contributed by atoms with E-state index in [1.54, 1.807) is 0 Å². The van der Waals surface area contributed by atoms with Gasteiger partial charge >= 0.3 is 48.8 Å². The van der Waals surface area contributed by atoms with Crippen molar-refractivity contribution in [3.05, 3.63) is 0 Å². The van der Waals surface area contributed by atoms with E-state index >= 15 is 0 Å². The zero-order valence-electron chi connectivity index (χ0n) is 3.66. The van der Waals surface area contributed by atoms with Crippen LogP contribution in [0.25, 0.3) is 0 Å². The van der Waals surface area contributed by atoms with Gasteiger partial charge in [-0.1, -0.05) is 0 Å². The summed E-state index contributed by atoms with van der Waals surface area (Å²) in [6.07, 6.45) is 0. The fourth-order valence-corrected chi connectivity index (χ4v) is 0.234. The fraction of sp³-hybridized carbons (Fsp3) is 0.667. The molecule has 0 unspecified atom stereocenters. The Balaban J connectivity index is 3.34. The quantitative estimate of drug-likeness (QED) is 0.417. The van der Waals surface area contributed by atoms with Crippen molar-refractivity contribution in [2.24, 2.45) is 5.73 Å². The molecule has 0 aliphatic heterocycles. The Morgan fingerprint density at radius 2 is 2.29 bits per heavy atom. The van der Waals surface area contributed by atoms with Gasteiger partial charge in [0.2, 0.25) is 0 Å². The van der Waals surface area contributed by atoms with E-state index < -0.39 is 6.04 Å². The van der Waals surface area contributed by atoms with Gasteiger partial charge in [0.15, 0.2) is 0 Å². The van der Waals surface area contributed by atoms with E-state index in [9.17, 15) is 0 Å². The molecule has 0 saturated carbocycles. The van der Waals surface area contributed by atoms with Crippen molar-refractivity contribution in [2.75, 3.05) is 6.61 Å². The number of hydrogen-bond acceptors (Lipinski definition) is 3. The van der Waals surface area contributed by atoms with E-state index in [1.807, 2.05) is 0 Å². The first-order chi connectivity index (χ1) is 3.18. The average Bonchev–Trinajstić information content (AvgIpc) is 1.65. The van der Waals surface area contributed by atoms with Crippen LogP contribution in [0.2, 0.25) is 0 Å². The fourth-order valence-electron chi connectivity index (χ4n) is 0.0781. The van der Waals surface area contributed by atoms with Crippen LogP contribution in [-0.2, 0) is 0 Å². The summed E-state index contributed by atoms with van der Waals surface area (Å²) in [6, 6.07) is -0.625. The van der Waals surface area contributed by atoms with Gasteiger partial charge in [0, 0.05) is 0 Å². The van der Waals surface area contributed by atoms with Crippen LogP contribution >= 0.6 is 0 Å². The molecule has 0 saturated heterocycles. The molecule has 0 amide bonds. The van der Waals surface area contributed by atoms with Gasteiger partial charge in [-0.05, 0) is 0 Å². The molecule has 0 fully saturated rings. The molecule has 42 valence electrons. The van der Waals surface area contributed by atoms with Crippen LogP contribution in [0.1, 0.15) is 0 Å². The zero-order valence-corrected chi connectivity index (χ0v) is 5.38. The summed E-state index contributed by atoms with van der Waals surface area (Å²) in [5.41, 5.74) is 5.05. The van der Waals surface area contributed by atoms with Crippen LogP contribution in [0.3, 0.4) is 0 Å². The molecule has 0 radical (unpaired) electrons. The zero-order chi connectivity index (χ0) is 5.86. The SMILES string of the molecule is N[C@@H](CO)C(O)=[Se]. The molecule has 3 nitrogen and oxygen atoms in total. The minimum atomic E-state index is -0.625. The summed E-state index contributed by atoms with van der Waals surface area (Å²) >= 11 is 2.28. The number of aliphatic hydroxyl groups excluding tert-OH is 2. The average molecular weight is 168 g/mol. The first-order valence-electron chi connectivity index (χ1n) is 1.77. The topological polar surface area (TPSA) is 66.5 Å². The first kappa shape index (κ1) is 7.11. The normalized spacial score (nSPS) is 13.4. The molecule has 0 heterocycles.